The van der Waals surface area contributed by atoms with E-state index in [4.69, 9.17) is 5.73 Å². The number of amides is 2. The van der Waals surface area contributed by atoms with Crippen LogP contribution in [0.5, 0.6) is 0 Å². The highest BCUT2D eigenvalue weighted by molar-refractivity contribution is 7.14. The van der Waals surface area contributed by atoms with Crippen molar-refractivity contribution in [3.63, 3.8) is 0 Å². The van der Waals surface area contributed by atoms with Gasteiger partial charge in [-0.1, -0.05) is 12.8 Å². The average molecular weight is 266 g/mol. The first-order chi connectivity index (χ1) is 8.66. The van der Waals surface area contributed by atoms with Crippen molar-refractivity contribution in [2.75, 3.05) is 6.54 Å². The van der Waals surface area contributed by atoms with Gasteiger partial charge in [-0.25, -0.2) is 0 Å². The van der Waals surface area contributed by atoms with Crippen molar-refractivity contribution in [1.29, 1.82) is 0 Å². The lowest BCUT2D eigenvalue weighted by atomic mass is 10.00. The summed E-state index contributed by atoms with van der Waals surface area (Å²) in [5.41, 5.74) is 6.32. The molecule has 4 nitrogen and oxygen atoms in total. The number of hydrogen-bond acceptors (Lipinski definition) is 3. The lowest BCUT2D eigenvalue weighted by Crippen LogP contribution is -2.32. The Bertz CT molecular complexity index is 428. The molecule has 1 heterocycles. The second-order valence-corrected chi connectivity index (χ2v) is 5.76. The molecule has 0 bridgehead atoms. The standard InChI is InChI=1S/C13H18N2O2S/c14-12(16)8-15-13(17)11-7-9-5-3-1-2-4-6-10(9)18-11/h7H,1-6,8H2,(H2,14,16)(H,15,17). The maximum atomic E-state index is 11.8. The van der Waals surface area contributed by atoms with Gasteiger partial charge in [0.05, 0.1) is 11.4 Å². The Labute approximate surface area is 111 Å². The molecule has 1 aliphatic carbocycles. The van der Waals surface area contributed by atoms with Crippen molar-refractivity contribution < 1.29 is 9.59 Å². The van der Waals surface area contributed by atoms with Crippen LogP contribution in [-0.4, -0.2) is 18.4 Å². The van der Waals surface area contributed by atoms with Gasteiger partial charge in [-0.3, -0.25) is 9.59 Å². The zero-order valence-electron chi connectivity index (χ0n) is 10.3. The van der Waals surface area contributed by atoms with Gasteiger partial charge < -0.3 is 11.1 Å². The molecular weight excluding hydrogens is 248 g/mol. The number of primary amides is 1. The summed E-state index contributed by atoms with van der Waals surface area (Å²) in [6, 6.07) is 1.97. The molecule has 0 aromatic carbocycles. The van der Waals surface area contributed by atoms with Crippen LogP contribution >= 0.6 is 11.3 Å². The Morgan fingerprint density at radius 1 is 1.22 bits per heavy atom. The third kappa shape index (κ3) is 3.32. The van der Waals surface area contributed by atoms with Gasteiger partial charge in [-0.15, -0.1) is 11.3 Å². The lowest BCUT2D eigenvalue weighted by molar-refractivity contribution is -0.117. The number of fused-ring (bicyclic) bond motifs is 1. The fraction of sp³-hybridized carbons (Fsp3) is 0.538. The highest BCUT2D eigenvalue weighted by Crippen LogP contribution is 2.28. The van der Waals surface area contributed by atoms with Gasteiger partial charge in [-0.2, -0.15) is 0 Å². The first kappa shape index (κ1) is 13.1. The van der Waals surface area contributed by atoms with Crippen LogP contribution in [0.25, 0.3) is 0 Å². The summed E-state index contributed by atoms with van der Waals surface area (Å²) in [6.45, 7) is -0.0958. The van der Waals surface area contributed by atoms with Gasteiger partial charge in [0.2, 0.25) is 5.91 Å². The molecule has 2 rings (SSSR count). The predicted molar refractivity (Wildman–Crippen MR) is 71.7 cm³/mol. The molecule has 0 fully saturated rings. The van der Waals surface area contributed by atoms with E-state index in [0.717, 1.165) is 12.8 Å². The van der Waals surface area contributed by atoms with Gasteiger partial charge in [0.25, 0.3) is 5.91 Å². The van der Waals surface area contributed by atoms with E-state index >= 15 is 0 Å². The number of carbonyl (C=O) groups excluding carboxylic acids is 2. The Morgan fingerprint density at radius 3 is 2.67 bits per heavy atom. The second-order valence-electron chi connectivity index (χ2n) is 4.62. The summed E-state index contributed by atoms with van der Waals surface area (Å²) in [6.07, 6.45) is 7.10. The van der Waals surface area contributed by atoms with Crippen LogP contribution in [0.2, 0.25) is 0 Å². The van der Waals surface area contributed by atoms with E-state index in [1.807, 2.05) is 6.07 Å². The van der Waals surface area contributed by atoms with Crippen LogP contribution in [0.3, 0.4) is 0 Å². The Hall–Kier alpha value is -1.36. The molecule has 0 spiro atoms. The number of rotatable bonds is 3. The summed E-state index contributed by atoms with van der Waals surface area (Å²) in [5.74, 6) is -0.705. The number of thiophene rings is 1. The average Bonchev–Trinajstić information content (AvgIpc) is 2.68. The van der Waals surface area contributed by atoms with Crippen molar-refractivity contribution in [1.82, 2.24) is 5.32 Å². The minimum absolute atomic E-state index is 0.0958. The third-order valence-corrected chi connectivity index (χ3v) is 4.38. The molecule has 5 heteroatoms. The molecule has 2 amide bonds. The molecule has 1 aromatic rings. The molecule has 0 saturated heterocycles. The van der Waals surface area contributed by atoms with E-state index in [-0.39, 0.29) is 12.5 Å². The molecule has 1 aromatic heterocycles. The lowest BCUT2D eigenvalue weighted by Gasteiger charge is -2.07. The summed E-state index contributed by atoms with van der Waals surface area (Å²) in [7, 11) is 0. The Balaban J connectivity index is 2.07. The van der Waals surface area contributed by atoms with Gasteiger partial charge >= 0.3 is 0 Å². The van der Waals surface area contributed by atoms with Crippen molar-refractivity contribution in [3.8, 4) is 0 Å². The van der Waals surface area contributed by atoms with Crippen molar-refractivity contribution in [3.05, 3.63) is 21.4 Å². The number of carbonyl (C=O) groups is 2. The molecule has 0 radical (unpaired) electrons. The van der Waals surface area contributed by atoms with Crippen LogP contribution in [0.15, 0.2) is 6.07 Å². The molecule has 3 N–H and O–H groups in total. The van der Waals surface area contributed by atoms with E-state index in [9.17, 15) is 9.59 Å². The topological polar surface area (TPSA) is 72.2 Å². The SMILES string of the molecule is NC(=O)CNC(=O)c1cc2c(s1)CCCCCC2. The second kappa shape index (κ2) is 6.00. The van der Waals surface area contributed by atoms with E-state index in [1.54, 1.807) is 11.3 Å². The molecule has 1 aliphatic rings. The van der Waals surface area contributed by atoms with E-state index in [2.05, 4.69) is 5.32 Å². The Kier molecular flexibility index (Phi) is 4.36. The summed E-state index contributed by atoms with van der Waals surface area (Å²) >= 11 is 1.55. The molecule has 98 valence electrons. The zero-order chi connectivity index (χ0) is 13.0. The largest absolute Gasteiger partial charge is 0.368 e. The minimum Gasteiger partial charge on any atom is -0.368 e. The first-order valence-corrected chi connectivity index (χ1v) is 7.16. The van der Waals surface area contributed by atoms with Crippen LogP contribution in [0, 0.1) is 0 Å². The summed E-state index contributed by atoms with van der Waals surface area (Å²) in [5, 5.41) is 2.54. The van der Waals surface area contributed by atoms with E-state index < -0.39 is 5.91 Å². The molecule has 18 heavy (non-hydrogen) atoms. The fourth-order valence-electron chi connectivity index (χ4n) is 2.21. The van der Waals surface area contributed by atoms with E-state index in [0.29, 0.717) is 4.88 Å². The molecular formula is C13H18N2O2S. The quantitative estimate of drug-likeness (QED) is 0.872. The highest BCUT2D eigenvalue weighted by Gasteiger charge is 2.15. The summed E-state index contributed by atoms with van der Waals surface area (Å²) in [4.78, 5) is 24.5. The number of hydrogen-bond donors (Lipinski definition) is 2. The maximum absolute atomic E-state index is 11.8. The number of aryl methyl sites for hydroxylation is 2. The number of nitrogens with one attached hydrogen (secondary N) is 1. The zero-order valence-corrected chi connectivity index (χ0v) is 11.1. The van der Waals surface area contributed by atoms with Crippen LogP contribution in [-0.2, 0) is 17.6 Å². The van der Waals surface area contributed by atoms with Gasteiger partial charge in [0, 0.05) is 4.88 Å². The minimum atomic E-state index is -0.515. The van der Waals surface area contributed by atoms with Gasteiger partial charge in [0.15, 0.2) is 0 Å². The molecule has 0 saturated carbocycles. The van der Waals surface area contributed by atoms with Crippen LogP contribution in [0.4, 0.5) is 0 Å². The van der Waals surface area contributed by atoms with Gasteiger partial charge in [0.1, 0.15) is 0 Å². The van der Waals surface area contributed by atoms with Gasteiger partial charge in [-0.05, 0) is 37.3 Å². The highest BCUT2D eigenvalue weighted by atomic mass is 32.1. The molecule has 0 atom stereocenters. The van der Waals surface area contributed by atoms with Crippen LogP contribution in [0.1, 0.15) is 45.8 Å². The van der Waals surface area contributed by atoms with Crippen molar-refractivity contribution in [2.24, 2.45) is 5.73 Å². The maximum Gasteiger partial charge on any atom is 0.261 e. The monoisotopic (exact) mass is 266 g/mol. The smallest absolute Gasteiger partial charge is 0.261 e. The number of nitrogens with two attached hydrogens (primary N) is 1. The first-order valence-electron chi connectivity index (χ1n) is 6.35. The summed E-state index contributed by atoms with van der Waals surface area (Å²) < 4.78 is 0. The fourth-order valence-corrected chi connectivity index (χ4v) is 3.38. The molecule has 0 aliphatic heterocycles. The normalized spacial score (nSPS) is 15.3. The Morgan fingerprint density at radius 2 is 1.94 bits per heavy atom. The molecule has 0 unspecified atom stereocenters. The predicted octanol–water partition coefficient (Wildman–Crippen LogP) is 1.62. The third-order valence-electron chi connectivity index (χ3n) is 3.14. The van der Waals surface area contributed by atoms with Crippen molar-refractivity contribution in [2.45, 2.75) is 38.5 Å². The van der Waals surface area contributed by atoms with E-state index in [1.165, 1.54) is 36.1 Å². The van der Waals surface area contributed by atoms with Crippen molar-refractivity contribution >= 4 is 23.2 Å². The van der Waals surface area contributed by atoms with Crippen LogP contribution < -0.4 is 11.1 Å².